The first-order chi connectivity index (χ1) is 10.8. The Hall–Kier alpha value is -3.22. The van der Waals surface area contributed by atoms with Crippen LogP contribution in [0.15, 0.2) is 49.1 Å². The van der Waals surface area contributed by atoms with Crippen LogP contribution < -0.4 is 5.32 Å². The van der Waals surface area contributed by atoms with Gasteiger partial charge >= 0.3 is 0 Å². The number of hydrogen-bond acceptors (Lipinski definition) is 5. The van der Waals surface area contributed by atoms with E-state index < -0.39 is 0 Å². The smallest absolute Gasteiger partial charge is 0.206 e. The van der Waals surface area contributed by atoms with Crippen LogP contribution in [0.4, 0.5) is 11.8 Å². The van der Waals surface area contributed by atoms with Gasteiger partial charge in [0.15, 0.2) is 5.65 Å². The molecule has 0 spiro atoms. The average Bonchev–Trinajstić information content (AvgIpc) is 3.15. The summed E-state index contributed by atoms with van der Waals surface area (Å²) >= 11 is 0. The van der Waals surface area contributed by atoms with E-state index in [9.17, 15) is 0 Å². The number of para-hydroxylation sites is 1. The van der Waals surface area contributed by atoms with E-state index >= 15 is 0 Å². The highest BCUT2D eigenvalue weighted by Crippen LogP contribution is 2.23. The highest BCUT2D eigenvalue weighted by Gasteiger charge is 2.11. The third kappa shape index (κ3) is 2.08. The van der Waals surface area contributed by atoms with Crippen molar-refractivity contribution in [3.05, 3.63) is 54.7 Å². The Labute approximate surface area is 126 Å². The van der Waals surface area contributed by atoms with Gasteiger partial charge in [0.2, 0.25) is 5.95 Å². The van der Waals surface area contributed by atoms with Gasteiger partial charge < -0.3 is 10.3 Å². The van der Waals surface area contributed by atoms with E-state index in [1.165, 1.54) is 6.33 Å². The van der Waals surface area contributed by atoms with E-state index in [2.05, 4.69) is 30.4 Å². The molecule has 0 saturated carbocycles. The van der Waals surface area contributed by atoms with Crippen LogP contribution in [-0.4, -0.2) is 29.7 Å². The molecule has 0 amide bonds. The summed E-state index contributed by atoms with van der Waals surface area (Å²) in [7, 11) is 0. The molecule has 3 aromatic heterocycles. The molecule has 0 aliphatic heterocycles. The van der Waals surface area contributed by atoms with E-state index in [0.717, 1.165) is 22.4 Å². The molecule has 0 atom stereocenters. The van der Waals surface area contributed by atoms with Crippen molar-refractivity contribution in [3.8, 4) is 5.69 Å². The van der Waals surface area contributed by atoms with Crippen LogP contribution in [0.1, 0.15) is 5.69 Å². The molecule has 22 heavy (non-hydrogen) atoms. The minimum atomic E-state index is 0.643. The second-order valence-corrected chi connectivity index (χ2v) is 4.89. The number of aryl methyl sites for hydroxylation is 1. The maximum atomic E-state index is 4.42. The number of rotatable bonds is 3. The minimum Gasteiger partial charge on any atom is -0.328 e. The van der Waals surface area contributed by atoms with Gasteiger partial charge in [-0.25, -0.2) is 19.6 Å². The number of nitrogens with zero attached hydrogens (tertiary/aromatic N) is 5. The average molecular weight is 291 g/mol. The van der Waals surface area contributed by atoms with Gasteiger partial charge in [0, 0.05) is 11.9 Å². The van der Waals surface area contributed by atoms with E-state index in [0.29, 0.717) is 11.8 Å². The fourth-order valence-electron chi connectivity index (χ4n) is 2.29. The topological polar surface area (TPSA) is 84.3 Å². The molecule has 7 nitrogen and oxygen atoms in total. The molecule has 7 heteroatoms. The maximum absolute atomic E-state index is 4.42. The van der Waals surface area contributed by atoms with E-state index in [1.54, 1.807) is 17.1 Å². The second kappa shape index (κ2) is 4.96. The summed E-state index contributed by atoms with van der Waals surface area (Å²) in [5.41, 5.74) is 2.68. The van der Waals surface area contributed by atoms with Crippen LogP contribution in [-0.2, 0) is 0 Å². The first kappa shape index (κ1) is 12.5. The lowest BCUT2D eigenvalue weighted by molar-refractivity contribution is 0.895. The van der Waals surface area contributed by atoms with Gasteiger partial charge in [-0.05, 0) is 19.1 Å². The normalized spacial score (nSPS) is 11.0. The molecule has 0 unspecified atom stereocenters. The molecule has 0 aliphatic rings. The van der Waals surface area contributed by atoms with Crippen molar-refractivity contribution >= 4 is 22.8 Å². The fourth-order valence-corrected chi connectivity index (χ4v) is 2.29. The fraction of sp³-hybridized carbons (Fsp3) is 0.0667. The van der Waals surface area contributed by atoms with E-state index in [1.807, 2.05) is 37.3 Å². The second-order valence-electron chi connectivity index (χ2n) is 4.89. The van der Waals surface area contributed by atoms with E-state index in [4.69, 9.17) is 0 Å². The molecule has 0 saturated heterocycles. The Morgan fingerprint density at radius 3 is 2.68 bits per heavy atom. The van der Waals surface area contributed by atoms with Gasteiger partial charge in [-0.2, -0.15) is 5.10 Å². The number of nitrogens with one attached hydrogen (secondary N) is 2. The number of anilines is 2. The molecule has 0 radical (unpaired) electrons. The summed E-state index contributed by atoms with van der Waals surface area (Å²) < 4.78 is 1.79. The summed E-state index contributed by atoms with van der Waals surface area (Å²) in [4.78, 5) is 16.0. The van der Waals surface area contributed by atoms with Crippen LogP contribution in [0.2, 0.25) is 0 Å². The lowest BCUT2D eigenvalue weighted by Crippen LogP contribution is -2.00. The van der Waals surface area contributed by atoms with Gasteiger partial charge in [0.25, 0.3) is 0 Å². The molecular weight excluding hydrogens is 278 g/mol. The molecule has 108 valence electrons. The third-order valence-corrected chi connectivity index (χ3v) is 3.31. The molecule has 4 rings (SSSR count). The van der Waals surface area contributed by atoms with Crippen molar-refractivity contribution in [1.29, 1.82) is 0 Å². The molecule has 3 heterocycles. The highest BCUT2D eigenvalue weighted by molar-refractivity contribution is 5.88. The Morgan fingerprint density at radius 2 is 1.91 bits per heavy atom. The largest absolute Gasteiger partial charge is 0.328 e. The first-order valence-electron chi connectivity index (χ1n) is 6.84. The predicted octanol–water partition coefficient (Wildman–Crippen LogP) is 2.59. The number of H-pyrrole nitrogens is 1. The quantitative estimate of drug-likeness (QED) is 0.606. The van der Waals surface area contributed by atoms with Crippen molar-refractivity contribution in [2.24, 2.45) is 0 Å². The van der Waals surface area contributed by atoms with Gasteiger partial charge in [-0.3, -0.25) is 0 Å². The van der Waals surface area contributed by atoms with Crippen LogP contribution in [0.5, 0.6) is 0 Å². The van der Waals surface area contributed by atoms with Gasteiger partial charge in [-0.15, -0.1) is 0 Å². The summed E-state index contributed by atoms with van der Waals surface area (Å²) in [6.45, 7) is 1.95. The van der Waals surface area contributed by atoms with Crippen molar-refractivity contribution in [2.75, 3.05) is 5.32 Å². The van der Waals surface area contributed by atoms with Gasteiger partial charge in [0.1, 0.15) is 12.1 Å². The molecule has 0 bridgehead atoms. The minimum absolute atomic E-state index is 0.643. The number of aromatic nitrogens is 6. The zero-order valence-electron chi connectivity index (χ0n) is 11.9. The lowest BCUT2D eigenvalue weighted by atomic mass is 10.3. The monoisotopic (exact) mass is 291 g/mol. The SMILES string of the molecule is Cc1cnc(Nc2ncnc3c2cnn3-c2ccccc2)[nH]1. The van der Waals surface area contributed by atoms with Crippen LogP contribution in [0.25, 0.3) is 16.7 Å². The zero-order valence-corrected chi connectivity index (χ0v) is 11.9. The maximum Gasteiger partial charge on any atom is 0.206 e. The molecule has 0 fully saturated rings. The van der Waals surface area contributed by atoms with Crippen molar-refractivity contribution in [2.45, 2.75) is 6.92 Å². The molecule has 1 aromatic carbocycles. The van der Waals surface area contributed by atoms with E-state index in [-0.39, 0.29) is 0 Å². The van der Waals surface area contributed by atoms with Gasteiger partial charge in [-0.1, -0.05) is 18.2 Å². The Morgan fingerprint density at radius 1 is 1.05 bits per heavy atom. The number of aromatic amines is 1. The lowest BCUT2D eigenvalue weighted by Gasteiger charge is -2.04. The third-order valence-electron chi connectivity index (χ3n) is 3.31. The van der Waals surface area contributed by atoms with Crippen molar-refractivity contribution in [1.82, 2.24) is 29.7 Å². The number of fused-ring (bicyclic) bond motifs is 1. The first-order valence-corrected chi connectivity index (χ1v) is 6.84. The van der Waals surface area contributed by atoms with Crippen molar-refractivity contribution in [3.63, 3.8) is 0 Å². The van der Waals surface area contributed by atoms with Gasteiger partial charge in [0.05, 0.1) is 17.3 Å². The van der Waals surface area contributed by atoms with Crippen molar-refractivity contribution < 1.29 is 0 Å². The Balaban J connectivity index is 1.80. The molecular formula is C15H13N7. The number of benzene rings is 1. The molecule has 2 N–H and O–H groups in total. The molecule has 0 aliphatic carbocycles. The van der Waals surface area contributed by atoms with Crippen LogP contribution in [0.3, 0.4) is 0 Å². The predicted molar refractivity (Wildman–Crippen MR) is 83.3 cm³/mol. The van der Waals surface area contributed by atoms with Crippen LogP contribution in [0, 0.1) is 6.92 Å². The Kier molecular flexibility index (Phi) is 2.82. The summed E-state index contributed by atoms with van der Waals surface area (Å²) in [5.74, 6) is 1.31. The number of imidazole rings is 1. The summed E-state index contributed by atoms with van der Waals surface area (Å²) in [6, 6.07) is 9.87. The highest BCUT2D eigenvalue weighted by atomic mass is 15.3. The Bertz CT molecular complexity index is 923. The zero-order chi connectivity index (χ0) is 14.9. The summed E-state index contributed by atoms with van der Waals surface area (Å²) in [6.07, 6.45) is 5.02. The summed E-state index contributed by atoms with van der Waals surface area (Å²) in [5, 5.41) is 8.41. The van der Waals surface area contributed by atoms with Crippen LogP contribution >= 0.6 is 0 Å². The standard InChI is InChI=1S/C15H13N7/c1-10-7-16-15(20-10)21-13-12-8-19-22(14(12)18-9-17-13)11-5-3-2-4-6-11/h2-9H,1H3,(H2,16,17,18,20,21). The molecule has 4 aromatic rings. The number of hydrogen-bond donors (Lipinski definition) is 2.